The molecule has 160 valence electrons. The molecule has 0 aliphatic heterocycles. The summed E-state index contributed by atoms with van der Waals surface area (Å²) in [6.45, 7) is 2.06. The number of imidazole rings is 1. The van der Waals surface area contributed by atoms with E-state index >= 15 is 0 Å². The third-order valence-electron chi connectivity index (χ3n) is 5.84. The second-order valence-corrected chi connectivity index (χ2v) is 7.82. The Kier molecular flexibility index (Phi) is 4.56. The zero-order valence-corrected chi connectivity index (χ0v) is 18.2. The van der Waals surface area contributed by atoms with Crippen molar-refractivity contribution < 1.29 is 0 Å². The molecule has 0 saturated heterocycles. The third kappa shape index (κ3) is 3.09. The van der Waals surface area contributed by atoms with Crippen molar-refractivity contribution >= 4 is 22.1 Å². The molecular formula is C27H17N7. The molecule has 6 aromatic rings. The Balaban J connectivity index is 1.64. The van der Waals surface area contributed by atoms with Crippen LogP contribution in [0.25, 0.3) is 55.8 Å². The van der Waals surface area contributed by atoms with Gasteiger partial charge in [-0.25, -0.2) is 24.9 Å². The molecule has 2 aromatic carbocycles. The summed E-state index contributed by atoms with van der Waals surface area (Å²) in [6, 6.07) is 15.8. The van der Waals surface area contributed by atoms with Crippen LogP contribution in [0.2, 0.25) is 0 Å². The van der Waals surface area contributed by atoms with Crippen LogP contribution in [-0.2, 0) is 0 Å². The van der Waals surface area contributed by atoms with Crippen LogP contribution in [0.3, 0.4) is 0 Å². The molecule has 0 fully saturated rings. The van der Waals surface area contributed by atoms with Gasteiger partial charge < -0.3 is 4.98 Å². The minimum atomic E-state index is 0.604. The maximum atomic E-state index is 5.62. The van der Waals surface area contributed by atoms with E-state index in [0.717, 1.165) is 61.3 Å². The van der Waals surface area contributed by atoms with Crippen LogP contribution in [0.15, 0.2) is 73.7 Å². The minimum absolute atomic E-state index is 0.604. The van der Waals surface area contributed by atoms with Crippen molar-refractivity contribution in [2.75, 3.05) is 0 Å². The van der Waals surface area contributed by atoms with Gasteiger partial charge >= 0.3 is 0 Å². The molecule has 0 saturated carbocycles. The number of rotatable bonds is 3. The summed E-state index contributed by atoms with van der Waals surface area (Å²) in [5.74, 6) is 2.70. The summed E-state index contributed by atoms with van der Waals surface area (Å²) in [4.78, 5) is 30.3. The van der Waals surface area contributed by atoms with Gasteiger partial charge in [-0.05, 0) is 36.8 Å². The van der Waals surface area contributed by atoms with E-state index in [1.807, 2.05) is 42.5 Å². The largest absolute Gasteiger partial charge is 0.341 e. The number of hydrogen-bond acceptors (Lipinski definition) is 6. The molecule has 0 spiro atoms. The van der Waals surface area contributed by atoms with Gasteiger partial charge in [-0.15, -0.1) is 6.42 Å². The van der Waals surface area contributed by atoms with Gasteiger partial charge in [0.1, 0.15) is 23.9 Å². The Bertz CT molecular complexity index is 1740. The normalized spacial score (nSPS) is 11.1. The first-order valence-electron chi connectivity index (χ1n) is 10.7. The lowest BCUT2D eigenvalue weighted by Gasteiger charge is -2.14. The summed E-state index contributed by atoms with van der Waals surface area (Å²) in [7, 11) is 0. The highest BCUT2D eigenvalue weighted by molar-refractivity contribution is 6.04. The first-order valence-corrected chi connectivity index (χ1v) is 10.7. The topological polar surface area (TPSA) is 93.1 Å². The van der Waals surface area contributed by atoms with E-state index in [2.05, 4.69) is 48.8 Å². The molecule has 7 nitrogen and oxygen atoms in total. The van der Waals surface area contributed by atoms with Crippen molar-refractivity contribution in [2.24, 2.45) is 0 Å². The van der Waals surface area contributed by atoms with Crippen molar-refractivity contribution in [3.63, 3.8) is 0 Å². The van der Waals surface area contributed by atoms with Crippen molar-refractivity contribution in [1.29, 1.82) is 0 Å². The molecule has 0 radical (unpaired) electrons. The number of aryl methyl sites for hydroxylation is 1. The average molecular weight is 439 g/mol. The Morgan fingerprint density at radius 2 is 1.71 bits per heavy atom. The summed E-state index contributed by atoms with van der Waals surface area (Å²) in [6.07, 6.45) is 12.1. The van der Waals surface area contributed by atoms with Gasteiger partial charge in [0, 0.05) is 33.8 Å². The molecule has 1 N–H and O–H groups in total. The van der Waals surface area contributed by atoms with E-state index in [1.165, 1.54) is 6.33 Å². The van der Waals surface area contributed by atoms with Crippen LogP contribution in [0.1, 0.15) is 11.1 Å². The number of pyridine rings is 1. The van der Waals surface area contributed by atoms with Crippen LogP contribution in [0.5, 0.6) is 0 Å². The Labute approximate surface area is 195 Å². The molecule has 4 aromatic heterocycles. The standard InChI is InChI=1S/C27H17N7/c1-3-17-6-4-7-18(12-17)22-20-10-9-16(2)21(24(20)30-13-29-22)23-19(8-5-11-28-23)25-26-27(33-14-31-25)34-15-32-26/h1,4-15H,2H3,(H,31,32,33,34). The van der Waals surface area contributed by atoms with Crippen LogP contribution in [0, 0.1) is 19.3 Å². The van der Waals surface area contributed by atoms with E-state index in [-0.39, 0.29) is 0 Å². The number of H-pyrrole nitrogens is 1. The van der Waals surface area contributed by atoms with Crippen LogP contribution >= 0.6 is 0 Å². The fourth-order valence-electron chi connectivity index (χ4n) is 4.28. The first kappa shape index (κ1) is 19.7. The SMILES string of the molecule is C#Cc1cccc(-c2ncnc3c(-c4ncccc4-c4ncnc5nc[nH]c45)c(C)ccc23)c1. The second-order valence-electron chi connectivity index (χ2n) is 7.82. The predicted molar refractivity (Wildman–Crippen MR) is 132 cm³/mol. The number of hydrogen-bond donors (Lipinski definition) is 1. The molecule has 0 unspecified atom stereocenters. The number of nitrogens with zero attached hydrogens (tertiary/aromatic N) is 6. The highest BCUT2D eigenvalue weighted by Gasteiger charge is 2.20. The number of aromatic nitrogens is 7. The number of terminal acetylenes is 1. The Morgan fingerprint density at radius 1 is 0.824 bits per heavy atom. The molecule has 0 aliphatic carbocycles. The lowest BCUT2D eigenvalue weighted by atomic mass is 9.94. The maximum Gasteiger partial charge on any atom is 0.181 e. The lowest BCUT2D eigenvalue weighted by Crippen LogP contribution is -1.98. The average Bonchev–Trinajstić information content (AvgIpc) is 3.38. The second kappa shape index (κ2) is 7.87. The highest BCUT2D eigenvalue weighted by Crippen LogP contribution is 2.38. The summed E-state index contributed by atoms with van der Waals surface area (Å²) < 4.78 is 0. The lowest BCUT2D eigenvalue weighted by molar-refractivity contribution is 1.19. The Morgan fingerprint density at radius 3 is 2.62 bits per heavy atom. The molecule has 0 bridgehead atoms. The maximum absolute atomic E-state index is 5.62. The van der Waals surface area contributed by atoms with Crippen molar-refractivity contribution in [1.82, 2.24) is 34.9 Å². The molecule has 0 aliphatic rings. The van der Waals surface area contributed by atoms with Crippen molar-refractivity contribution in [2.45, 2.75) is 6.92 Å². The summed E-state index contributed by atoms with van der Waals surface area (Å²) >= 11 is 0. The smallest absolute Gasteiger partial charge is 0.181 e. The molecule has 0 atom stereocenters. The Hall–Kier alpha value is -4.96. The molecular weight excluding hydrogens is 422 g/mol. The van der Waals surface area contributed by atoms with Gasteiger partial charge in [-0.2, -0.15) is 0 Å². The van der Waals surface area contributed by atoms with Crippen LogP contribution < -0.4 is 0 Å². The van der Waals surface area contributed by atoms with E-state index in [1.54, 1.807) is 18.9 Å². The predicted octanol–water partition coefficient (Wildman–Crippen LogP) is 4.98. The van der Waals surface area contributed by atoms with Gasteiger partial charge in [0.2, 0.25) is 0 Å². The van der Waals surface area contributed by atoms with Crippen LogP contribution in [-0.4, -0.2) is 34.9 Å². The van der Waals surface area contributed by atoms with Gasteiger partial charge in [-0.1, -0.05) is 30.2 Å². The summed E-state index contributed by atoms with van der Waals surface area (Å²) in [5, 5.41) is 0.920. The van der Waals surface area contributed by atoms with E-state index in [4.69, 9.17) is 11.4 Å². The van der Waals surface area contributed by atoms with E-state index in [0.29, 0.717) is 5.65 Å². The fraction of sp³-hybridized carbons (Fsp3) is 0.0370. The number of aromatic amines is 1. The number of benzene rings is 2. The summed E-state index contributed by atoms with van der Waals surface area (Å²) in [5.41, 5.74) is 9.09. The monoisotopic (exact) mass is 439 g/mol. The molecule has 0 amide bonds. The molecule has 4 heterocycles. The van der Waals surface area contributed by atoms with Gasteiger partial charge in [0.05, 0.1) is 23.2 Å². The van der Waals surface area contributed by atoms with E-state index < -0.39 is 0 Å². The van der Waals surface area contributed by atoms with Gasteiger partial charge in [-0.3, -0.25) is 4.98 Å². The highest BCUT2D eigenvalue weighted by atomic mass is 15.0. The van der Waals surface area contributed by atoms with Gasteiger partial charge in [0.15, 0.2) is 5.65 Å². The van der Waals surface area contributed by atoms with E-state index in [9.17, 15) is 0 Å². The molecule has 34 heavy (non-hydrogen) atoms. The zero-order chi connectivity index (χ0) is 23.1. The first-order chi connectivity index (χ1) is 16.7. The zero-order valence-electron chi connectivity index (χ0n) is 18.2. The third-order valence-corrected chi connectivity index (χ3v) is 5.84. The quantitative estimate of drug-likeness (QED) is 0.391. The fourth-order valence-corrected chi connectivity index (χ4v) is 4.28. The number of fused-ring (bicyclic) bond motifs is 2. The van der Waals surface area contributed by atoms with Crippen molar-refractivity contribution in [3.05, 3.63) is 84.8 Å². The van der Waals surface area contributed by atoms with Gasteiger partial charge in [0.25, 0.3) is 0 Å². The minimum Gasteiger partial charge on any atom is -0.341 e. The molecule has 6 rings (SSSR count). The van der Waals surface area contributed by atoms with Crippen molar-refractivity contribution in [3.8, 4) is 46.1 Å². The van der Waals surface area contributed by atoms with Crippen LogP contribution in [0.4, 0.5) is 0 Å². The molecule has 7 heteroatoms. The number of nitrogens with one attached hydrogen (secondary N) is 1.